The largest absolute Gasteiger partial charge is 0.505 e. The van der Waals surface area contributed by atoms with E-state index in [4.69, 9.17) is 14.5 Å². The van der Waals surface area contributed by atoms with Crippen LogP contribution in [-0.2, 0) is 20.4 Å². The van der Waals surface area contributed by atoms with E-state index >= 15 is 0 Å². The molecule has 0 unspecified atom stereocenters. The maximum atomic E-state index is 13.0. The summed E-state index contributed by atoms with van der Waals surface area (Å²) in [6.07, 6.45) is -2.04. The fourth-order valence-corrected chi connectivity index (χ4v) is 3.70. The van der Waals surface area contributed by atoms with E-state index in [0.717, 1.165) is 27.0 Å². The first-order chi connectivity index (χ1) is 16.1. The first-order valence-electron chi connectivity index (χ1n) is 9.96. The van der Waals surface area contributed by atoms with E-state index in [1.807, 2.05) is 30.3 Å². The second-order valence-electron chi connectivity index (χ2n) is 7.35. The van der Waals surface area contributed by atoms with Crippen LogP contribution in [0.4, 0.5) is 0 Å². The molecule has 4 rings (SSSR count). The van der Waals surface area contributed by atoms with Gasteiger partial charge in [0.1, 0.15) is 0 Å². The molecule has 3 heterocycles. The molecule has 1 aliphatic rings. The predicted octanol–water partition coefficient (Wildman–Crippen LogP) is 0.673. The van der Waals surface area contributed by atoms with Gasteiger partial charge in [-0.3, -0.25) is 18.9 Å². The van der Waals surface area contributed by atoms with Gasteiger partial charge in [-0.1, -0.05) is 36.4 Å². The van der Waals surface area contributed by atoms with E-state index in [9.17, 15) is 24.4 Å². The Hall–Kier alpha value is -3.54. The number of phosphoric ester groups is 1. The number of phosphoric acid groups is 1. The molecule has 1 aromatic carbocycles. The molecule has 0 saturated carbocycles. The lowest BCUT2D eigenvalue weighted by atomic mass is 10.1. The van der Waals surface area contributed by atoms with Gasteiger partial charge in [-0.25, -0.2) is 13.9 Å². The molecule has 0 amide bonds. The van der Waals surface area contributed by atoms with Crippen molar-refractivity contribution in [3.8, 4) is 11.3 Å². The average molecular weight is 489 g/mol. The summed E-state index contributed by atoms with van der Waals surface area (Å²) in [6, 6.07) is 15.6. The standard InChI is InChI=1S/C21H20N3O9P/c25-17-9-10-23(20-19(27)18(26)16(33-20)12-32-34(29,30)31)21(28)24(17)11-14-7-4-8-15(22-14)13-5-2-1-3-6-13/h1-10,16,18,26-27H,11-12H2,(H2,29,30,31)/t16-,18+/m1/s1. The van der Waals surface area contributed by atoms with Crippen LogP contribution in [0.5, 0.6) is 0 Å². The minimum absolute atomic E-state index is 0.180. The van der Waals surface area contributed by atoms with E-state index in [1.165, 1.54) is 0 Å². The number of pyridine rings is 1. The van der Waals surface area contributed by atoms with Crippen LogP contribution in [0.2, 0.25) is 0 Å². The summed E-state index contributed by atoms with van der Waals surface area (Å²) >= 11 is 0. The Morgan fingerprint density at radius 1 is 1.06 bits per heavy atom. The van der Waals surface area contributed by atoms with Crippen LogP contribution in [0.25, 0.3) is 17.1 Å². The maximum absolute atomic E-state index is 13.0. The van der Waals surface area contributed by atoms with Crippen molar-refractivity contribution < 1.29 is 33.8 Å². The molecule has 178 valence electrons. The van der Waals surface area contributed by atoms with Crippen LogP contribution >= 0.6 is 7.82 Å². The van der Waals surface area contributed by atoms with Crippen LogP contribution in [0.15, 0.2) is 76.1 Å². The zero-order valence-corrected chi connectivity index (χ0v) is 18.4. The summed E-state index contributed by atoms with van der Waals surface area (Å²) < 4.78 is 22.2. The van der Waals surface area contributed by atoms with Gasteiger partial charge in [0, 0.05) is 17.8 Å². The Kier molecular flexibility index (Phi) is 6.51. The van der Waals surface area contributed by atoms with Crippen molar-refractivity contribution in [2.75, 3.05) is 6.61 Å². The van der Waals surface area contributed by atoms with Gasteiger partial charge in [0.15, 0.2) is 18.0 Å². The first kappa shape index (κ1) is 23.6. The van der Waals surface area contributed by atoms with Gasteiger partial charge in [0.2, 0.25) is 5.88 Å². The summed E-state index contributed by atoms with van der Waals surface area (Å²) in [5, 5.41) is 20.4. The van der Waals surface area contributed by atoms with Gasteiger partial charge in [-0.2, -0.15) is 0 Å². The molecule has 1 aliphatic heterocycles. The quantitative estimate of drug-likeness (QED) is 0.346. The van der Waals surface area contributed by atoms with Crippen molar-refractivity contribution in [3.63, 3.8) is 0 Å². The second-order valence-corrected chi connectivity index (χ2v) is 8.59. The average Bonchev–Trinajstić information content (AvgIpc) is 3.09. The number of aromatic nitrogens is 3. The highest BCUT2D eigenvalue weighted by Crippen LogP contribution is 2.37. The van der Waals surface area contributed by atoms with Crippen LogP contribution < -0.4 is 11.2 Å². The number of rotatable bonds is 7. The molecule has 0 bridgehead atoms. The van der Waals surface area contributed by atoms with Crippen molar-refractivity contribution in [1.29, 1.82) is 0 Å². The summed E-state index contributed by atoms with van der Waals surface area (Å²) in [5.74, 6) is -1.24. The summed E-state index contributed by atoms with van der Waals surface area (Å²) in [6.45, 7) is -0.940. The molecule has 2 aromatic heterocycles. The Balaban J connectivity index is 1.63. The summed E-state index contributed by atoms with van der Waals surface area (Å²) in [7, 11) is -4.86. The first-order valence-corrected chi connectivity index (χ1v) is 11.5. The SMILES string of the molecule is O=c1ccn(C2=C(O)[C@@H](O)[C@@H](COP(=O)(O)O)O2)c(=O)n1Cc1cccc(-c2ccccc2)n1. The molecule has 0 aliphatic carbocycles. The normalized spacial score (nSPS) is 18.2. The Labute approximate surface area is 191 Å². The van der Waals surface area contributed by atoms with Crippen molar-refractivity contribution >= 4 is 13.7 Å². The molecular weight excluding hydrogens is 469 g/mol. The lowest BCUT2D eigenvalue weighted by molar-refractivity contribution is 0.0128. The lowest BCUT2D eigenvalue weighted by Gasteiger charge is -2.16. The Bertz CT molecular complexity index is 1390. The van der Waals surface area contributed by atoms with Gasteiger partial charge in [-0.15, -0.1) is 0 Å². The third kappa shape index (κ3) is 5.01. The highest BCUT2D eigenvalue weighted by atomic mass is 31.2. The van der Waals surface area contributed by atoms with Gasteiger partial charge in [0.25, 0.3) is 5.56 Å². The molecule has 34 heavy (non-hydrogen) atoms. The number of hydrogen-bond acceptors (Lipinski definition) is 8. The zero-order chi connectivity index (χ0) is 24.5. The molecule has 0 saturated heterocycles. The van der Waals surface area contributed by atoms with Crippen LogP contribution in [0, 0.1) is 0 Å². The number of hydrogen-bond donors (Lipinski definition) is 4. The number of aliphatic hydroxyl groups is 2. The summed E-state index contributed by atoms with van der Waals surface area (Å²) in [4.78, 5) is 47.7. The van der Waals surface area contributed by atoms with Crippen LogP contribution in [0.1, 0.15) is 5.69 Å². The van der Waals surface area contributed by atoms with E-state index in [1.54, 1.807) is 18.2 Å². The van der Waals surface area contributed by atoms with E-state index in [-0.39, 0.29) is 6.54 Å². The van der Waals surface area contributed by atoms with E-state index in [2.05, 4.69) is 9.51 Å². The molecule has 3 aromatic rings. The summed E-state index contributed by atoms with van der Waals surface area (Å²) in [5.41, 5.74) is 0.418. The van der Waals surface area contributed by atoms with Crippen molar-refractivity contribution in [2.24, 2.45) is 0 Å². The van der Waals surface area contributed by atoms with Gasteiger partial charge in [-0.05, 0) is 12.1 Å². The molecule has 12 nitrogen and oxygen atoms in total. The molecule has 4 N–H and O–H groups in total. The monoisotopic (exact) mass is 489 g/mol. The molecule has 13 heteroatoms. The molecule has 0 fully saturated rings. The predicted molar refractivity (Wildman–Crippen MR) is 118 cm³/mol. The maximum Gasteiger partial charge on any atom is 0.469 e. The Morgan fingerprint density at radius 3 is 2.50 bits per heavy atom. The zero-order valence-electron chi connectivity index (χ0n) is 17.5. The van der Waals surface area contributed by atoms with Crippen molar-refractivity contribution in [3.05, 3.63) is 93.1 Å². The molecule has 0 radical (unpaired) electrons. The lowest BCUT2D eigenvalue weighted by Crippen LogP contribution is -2.39. The third-order valence-electron chi connectivity index (χ3n) is 5.01. The van der Waals surface area contributed by atoms with Gasteiger partial charge >= 0.3 is 13.5 Å². The molecule has 0 spiro atoms. The topological polar surface area (TPSA) is 173 Å². The minimum atomic E-state index is -4.86. The Morgan fingerprint density at radius 2 is 1.79 bits per heavy atom. The molecular formula is C21H20N3O9P. The highest BCUT2D eigenvalue weighted by Gasteiger charge is 2.38. The van der Waals surface area contributed by atoms with Crippen LogP contribution in [-0.4, -0.2) is 52.9 Å². The fourth-order valence-electron chi connectivity index (χ4n) is 3.36. The number of ether oxygens (including phenoxy) is 1. The van der Waals surface area contributed by atoms with Gasteiger partial charge in [0.05, 0.1) is 24.5 Å². The molecule has 2 atom stereocenters. The number of aliphatic hydroxyl groups excluding tert-OH is 2. The van der Waals surface area contributed by atoms with Crippen molar-refractivity contribution in [2.45, 2.75) is 18.8 Å². The van der Waals surface area contributed by atoms with E-state index < -0.39 is 49.5 Å². The number of nitrogens with zero attached hydrogens (tertiary/aromatic N) is 3. The van der Waals surface area contributed by atoms with Crippen molar-refractivity contribution in [1.82, 2.24) is 14.1 Å². The second kappa shape index (κ2) is 9.37. The number of benzene rings is 1. The minimum Gasteiger partial charge on any atom is -0.505 e. The highest BCUT2D eigenvalue weighted by molar-refractivity contribution is 7.46. The smallest absolute Gasteiger partial charge is 0.469 e. The van der Waals surface area contributed by atoms with E-state index in [0.29, 0.717) is 11.4 Å². The third-order valence-corrected chi connectivity index (χ3v) is 5.49. The van der Waals surface area contributed by atoms with Crippen LogP contribution in [0.3, 0.4) is 0 Å². The van der Waals surface area contributed by atoms with Gasteiger partial charge < -0.3 is 24.7 Å². The fraction of sp³-hybridized carbons (Fsp3) is 0.190.